The Bertz CT molecular complexity index is 606. The van der Waals surface area contributed by atoms with Crippen LogP contribution in [0.3, 0.4) is 0 Å². The number of amides is 3. The largest absolute Gasteiger partial charge is 0.379 e. The van der Waals surface area contributed by atoms with Gasteiger partial charge in [0.1, 0.15) is 5.82 Å². The van der Waals surface area contributed by atoms with E-state index in [0.29, 0.717) is 44.9 Å². The van der Waals surface area contributed by atoms with Gasteiger partial charge >= 0.3 is 6.03 Å². The molecule has 26 heavy (non-hydrogen) atoms. The molecule has 0 aromatic carbocycles. The average molecular weight is 365 g/mol. The molecule has 8 nitrogen and oxygen atoms in total. The van der Waals surface area contributed by atoms with Crippen molar-refractivity contribution in [2.24, 2.45) is 13.0 Å². The molecule has 3 amide bonds. The Kier molecular flexibility index (Phi) is 7.44. The minimum Gasteiger partial charge on any atom is -0.379 e. The highest BCUT2D eigenvalue weighted by molar-refractivity contribution is 5.88. The predicted molar refractivity (Wildman–Crippen MR) is 100.0 cm³/mol. The summed E-state index contributed by atoms with van der Waals surface area (Å²) in [5.41, 5.74) is 0.858. The van der Waals surface area contributed by atoms with Crippen LogP contribution in [0.1, 0.15) is 38.8 Å². The van der Waals surface area contributed by atoms with Gasteiger partial charge in [-0.15, -0.1) is 0 Å². The van der Waals surface area contributed by atoms with E-state index in [4.69, 9.17) is 4.74 Å². The van der Waals surface area contributed by atoms with E-state index in [-0.39, 0.29) is 24.0 Å². The van der Waals surface area contributed by atoms with Crippen molar-refractivity contribution in [1.82, 2.24) is 20.0 Å². The van der Waals surface area contributed by atoms with Crippen molar-refractivity contribution in [3.63, 3.8) is 0 Å². The smallest absolute Gasteiger partial charge is 0.322 e. The monoisotopic (exact) mass is 365 g/mol. The highest BCUT2D eigenvalue weighted by atomic mass is 16.5. The van der Waals surface area contributed by atoms with Crippen LogP contribution in [-0.2, 0) is 16.6 Å². The molecule has 1 aliphatic rings. The van der Waals surface area contributed by atoms with Crippen LogP contribution in [0, 0.1) is 12.8 Å². The Morgan fingerprint density at radius 3 is 2.62 bits per heavy atom. The van der Waals surface area contributed by atoms with Gasteiger partial charge in [-0.2, -0.15) is 5.10 Å². The summed E-state index contributed by atoms with van der Waals surface area (Å²) in [7, 11) is 1.80. The number of carbonyl (C=O) groups is 2. The maximum Gasteiger partial charge on any atom is 0.322 e. The molecule has 0 aliphatic carbocycles. The number of piperidine rings is 1. The molecule has 146 valence electrons. The molecule has 1 aromatic heterocycles. The van der Waals surface area contributed by atoms with Crippen LogP contribution in [0.4, 0.5) is 10.6 Å². The number of hydrogen-bond donors (Lipinski definition) is 2. The molecule has 0 unspecified atom stereocenters. The summed E-state index contributed by atoms with van der Waals surface area (Å²) < 4.78 is 7.11. The zero-order valence-electron chi connectivity index (χ0n) is 16.2. The van der Waals surface area contributed by atoms with Crippen LogP contribution in [-0.4, -0.2) is 59.0 Å². The number of rotatable bonds is 7. The fourth-order valence-electron chi connectivity index (χ4n) is 3.01. The van der Waals surface area contributed by atoms with E-state index >= 15 is 0 Å². The van der Waals surface area contributed by atoms with Crippen molar-refractivity contribution in [3.05, 3.63) is 11.8 Å². The van der Waals surface area contributed by atoms with Gasteiger partial charge in [0.2, 0.25) is 5.91 Å². The molecule has 0 radical (unpaired) electrons. The molecular formula is C18H31N5O3. The first-order valence-electron chi connectivity index (χ1n) is 9.32. The van der Waals surface area contributed by atoms with E-state index in [9.17, 15) is 9.59 Å². The van der Waals surface area contributed by atoms with Crippen molar-refractivity contribution >= 4 is 17.8 Å². The predicted octanol–water partition coefficient (Wildman–Crippen LogP) is 1.90. The van der Waals surface area contributed by atoms with Crippen molar-refractivity contribution in [1.29, 1.82) is 0 Å². The molecule has 2 heterocycles. The van der Waals surface area contributed by atoms with Gasteiger partial charge in [0.15, 0.2) is 0 Å². The third-order valence-electron chi connectivity index (χ3n) is 4.46. The Morgan fingerprint density at radius 1 is 1.35 bits per heavy atom. The van der Waals surface area contributed by atoms with E-state index < -0.39 is 0 Å². The molecule has 0 spiro atoms. The van der Waals surface area contributed by atoms with E-state index in [1.54, 1.807) is 16.6 Å². The molecule has 2 N–H and O–H groups in total. The van der Waals surface area contributed by atoms with Gasteiger partial charge in [0, 0.05) is 45.3 Å². The molecule has 0 saturated carbocycles. The van der Waals surface area contributed by atoms with Crippen LogP contribution in [0.15, 0.2) is 6.07 Å². The summed E-state index contributed by atoms with van der Waals surface area (Å²) in [5.74, 6) is 0.733. The van der Waals surface area contributed by atoms with Gasteiger partial charge in [-0.3, -0.25) is 14.8 Å². The quantitative estimate of drug-likeness (QED) is 0.723. The maximum atomic E-state index is 12.4. The molecule has 1 aromatic rings. The van der Waals surface area contributed by atoms with Gasteiger partial charge in [-0.1, -0.05) is 0 Å². The lowest BCUT2D eigenvalue weighted by molar-refractivity contribution is -0.126. The van der Waals surface area contributed by atoms with Gasteiger partial charge in [-0.25, -0.2) is 4.79 Å². The number of aryl methyl sites for hydroxylation is 2. The fourth-order valence-corrected chi connectivity index (χ4v) is 3.01. The highest BCUT2D eigenvalue weighted by Gasteiger charge is 2.27. The van der Waals surface area contributed by atoms with Crippen LogP contribution in [0.5, 0.6) is 0 Å². The van der Waals surface area contributed by atoms with E-state index in [0.717, 1.165) is 12.1 Å². The molecule has 8 heteroatoms. The van der Waals surface area contributed by atoms with Gasteiger partial charge < -0.3 is 15.0 Å². The first-order chi connectivity index (χ1) is 12.4. The average Bonchev–Trinajstić information content (AvgIpc) is 2.91. The number of urea groups is 1. The van der Waals surface area contributed by atoms with Crippen molar-refractivity contribution in [2.45, 2.75) is 46.1 Å². The Labute approximate surface area is 155 Å². The van der Waals surface area contributed by atoms with Crippen molar-refractivity contribution in [2.75, 3.05) is 31.6 Å². The number of hydrogen-bond acceptors (Lipinski definition) is 4. The number of aromatic nitrogens is 2. The zero-order chi connectivity index (χ0) is 19.1. The lowest BCUT2D eigenvalue weighted by Crippen LogP contribution is -2.45. The normalized spacial score (nSPS) is 15.3. The van der Waals surface area contributed by atoms with Crippen LogP contribution in [0.25, 0.3) is 0 Å². The number of likely N-dealkylation sites (tertiary alicyclic amines) is 1. The van der Waals surface area contributed by atoms with Gasteiger partial charge in [0.25, 0.3) is 0 Å². The minimum absolute atomic E-state index is 0.0241. The minimum atomic E-state index is -0.141. The van der Waals surface area contributed by atoms with E-state index in [2.05, 4.69) is 15.7 Å². The molecule has 0 atom stereocenters. The number of carbonyl (C=O) groups excluding carboxylic acids is 2. The van der Waals surface area contributed by atoms with Gasteiger partial charge in [0.05, 0.1) is 11.8 Å². The fraction of sp³-hybridized carbons (Fsp3) is 0.722. The molecule has 2 rings (SSSR count). The zero-order valence-corrected chi connectivity index (χ0v) is 16.2. The van der Waals surface area contributed by atoms with Crippen molar-refractivity contribution in [3.8, 4) is 0 Å². The summed E-state index contributed by atoms with van der Waals surface area (Å²) in [6.45, 7) is 8.33. The summed E-state index contributed by atoms with van der Waals surface area (Å²) in [5, 5.41) is 10.1. The van der Waals surface area contributed by atoms with Gasteiger partial charge in [-0.05, 0) is 40.0 Å². The third-order valence-corrected chi connectivity index (χ3v) is 4.46. The van der Waals surface area contributed by atoms with E-state index in [1.807, 2.05) is 26.8 Å². The second-order valence-corrected chi connectivity index (χ2v) is 7.05. The lowest BCUT2D eigenvalue weighted by Gasteiger charge is -2.31. The Hall–Kier alpha value is -2.09. The Morgan fingerprint density at radius 2 is 2.04 bits per heavy atom. The topological polar surface area (TPSA) is 88.5 Å². The summed E-state index contributed by atoms with van der Waals surface area (Å²) in [4.78, 5) is 26.3. The summed E-state index contributed by atoms with van der Waals surface area (Å²) >= 11 is 0. The SMILES string of the molecule is Cc1cc(NC(=O)N2CCC(C(=O)NCCCOC(C)C)CC2)n(C)n1. The van der Waals surface area contributed by atoms with Crippen molar-refractivity contribution < 1.29 is 14.3 Å². The molecular weight excluding hydrogens is 334 g/mol. The second kappa shape index (κ2) is 9.56. The van der Waals surface area contributed by atoms with E-state index in [1.165, 1.54) is 0 Å². The molecule has 1 saturated heterocycles. The molecule has 0 bridgehead atoms. The van der Waals surface area contributed by atoms with Crippen LogP contribution < -0.4 is 10.6 Å². The van der Waals surface area contributed by atoms with Crippen LogP contribution in [0.2, 0.25) is 0 Å². The lowest BCUT2D eigenvalue weighted by atomic mass is 9.96. The second-order valence-electron chi connectivity index (χ2n) is 7.05. The summed E-state index contributed by atoms with van der Waals surface area (Å²) in [6, 6.07) is 1.69. The number of anilines is 1. The summed E-state index contributed by atoms with van der Waals surface area (Å²) in [6.07, 6.45) is 2.41. The Balaban J connectivity index is 1.68. The molecule has 1 aliphatic heterocycles. The third kappa shape index (κ3) is 6.01. The number of nitrogens with one attached hydrogen (secondary N) is 2. The standard InChI is InChI=1S/C18H31N5O3/c1-13(2)26-11-5-8-19-17(24)15-6-9-23(10-7-15)18(25)20-16-12-14(3)21-22(16)4/h12-13,15H,5-11H2,1-4H3,(H,19,24)(H,20,25). The first-order valence-corrected chi connectivity index (χ1v) is 9.32. The first kappa shape index (κ1) is 20.2. The number of ether oxygens (including phenoxy) is 1. The number of nitrogens with zero attached hydrogens (tertiary/aromatic N) is 3. The maximum absolute atomic E-state index is 12.4. The highest BCUT2D eigenvalue weighted by Crippen LogP contribution is 2.18. The molecule has 1 fully saturated rings. The van der Waals surface area contributed by atoms with Crippen LogP contribution >= 0.6 is 0 Å².